The molecule has 0 spiro atoms. The van der Waals surface area contributed by atoms with Gasteiger partial charge in [-0.3, -0.25) is 0 Å². The Labute approximate surface area is 379 Å². The Morgan fingerprint density at radius 1 is 0.729 bits per heavy atom. The third kappa shape index (κ3) is 15.2. The summed E-state index contributed by atoms with van der Waals surface area (Å²) in [6, 6.07) is 29.0. The molecule has 6 aromatic rings. The van der Waals surface area contributed by atoms with Crippen LogP contribution in [0.15, 0.2) is 118 Å². The van der Waals surface area contributed by atoms with Crippen LogP contribution in [0.5, 0.6) is 0 Å². The van der Waals surface area contributed by atoms with Crippen LogP contribution in [0, 0.1) is 0 Å². The molecule has 17 heteroatoms. The van der Waals surface area contributed by atoms with Gasteiger partial charge in [0.25, 0.3) is 0 Å². The summed E-state index contributed by atoms with van der Waals surface area (Å²) in [6.45, 7) is 4.53. The van der Waals surface area contributed by atoms with Crippen molar-refractivity contribution in [3.05, 3.63) is 140 Å². The number of halogens is 3. The Kier molecular flexibility index (Phi) is 22.0. The van der Waals surface area contributed by atoms with Crippen molar-refractivity contribution < 1.29 is 19.4 Å². The van der Waals surface area contributed by atoms with Gasteiger partial charge in [0.05, 0.1) is 41.6 Å². The van der Waals surface area contributed by atoms with Gasteiger partial charge in [0.1, 0.15) is 0 Å². The zero-order chi connectivity index (χ0) is 43.2. The number of rotatable bonds is 13. The van der Waals surface area contributed by atoms with Crippen LogP contribution in [0.1, 0.15) is 58.5 Å². The molecule has 0 aliphatic heterocycles. The number of hydrogen-bond acceptors (Lipinski definition) is 11. The first-order chi connectivity index (χ1) is 28.6. The first kappa shape index (κ1) is 48.8. The monoisotopic (exact) mass is 976 g/mol. The highest BCUT2D eigenvalue weighted by Crippen LogP contribution is 2.32. The van der Waals surface area contributed by atoms with Crippen LogP contribution >= 0.6 is 68.5 Å². The van der Waals surface area contributed by atoms with Gasteiger partial charge in [0, 0.05) is 72.6 Å². The van der Waals surface area contributed by atoms with Crippen molar-refractivity contribution >= 4 is 119 Å². The van der Waals surface area contributed by atoms with Crippen LogP contribution in [-0.2, 0) is 4.74 Å². The largest absolute Gasteiger partial charge is 0.478 e. The zero-order valence-corrected chi connectivity index (χ0v) is 38.1. The molecule has 0 fully saturated rings. The van der Waals surface area contributed by atoms with Crippen molar-refractivity contribution in [1.82, 2.24) is 9.97 Å². The molecule has 0 amide bonds. The number of nitrogens with zero attached hydrogens (tertiary/aromatic N) is 6. The molecular weight excluding hydrogens is 936 g/mol. The smallest absolute Gasteiger partial charge is 0.338 e. The molecule has 4 radical (unpaired) electrons. The van der Waals surface area contributed by atoms with Gasteiger partial charge >= 0.3 is 11.9 Å². The van der Waals surface area contributed by atoms with Gasteiger partial charge in [-0.1, -0.05) is 132 Å². The first-order valence-corrected chi connectivity index (χ1v) is 22.1. The summed E-state index contributed by atoms with van der Waals surface area (Å²) in [5.41, 5.74) is 5.24. The second-order valence-electron chi connectivity index (χ2n) is 11.8. The average molecular weight is 977 g/mol. The number of anilines is 2. The Balaban J connectivity index is 0.000000280. The van der Waals surface area contributed by atoms with E-state index >= 15 is 0 Å². The van der Waals surface area contributed by atoms with Gasteiger partial charge in [-0.2, -0.15) is 10.2 Å². The molecule has 59 heavy (non-hydrogen) atoms. The number of carboxylic acid groups (broad SMARTS) is 1. The number of hydrazone groups is 2. The minimum Gasteiger partial charge on any atom is -0.478 e. The Morgan fingerprint density at radius 2 is 1.14 bits per heavy atom. The fraction of sp³-hybridized carbons (Fsp3) is 0.190. The van der Waals surface area contributed by atoms with Crippen LogP contribution in [0.2, 0.25) is 10.0 Å². The number of aromatic nitrogens is 2. The topological polar surface area (TPSA) is 121 Å². The number of ether oxygens (including phenoxy) is 1. The molecule has 4 aromatic carbocycles. The second-order valence-corrected chi connectivity index (χ2v) is 15.4. The van der Waals surface area contributed by atoms with Crippen molar-refractivity contribution in [3.8, 4) is 22.5 Å². The molecule has 0 saturated carbocycles. The second kappa shape index (κ2) is 26.5. The number of aromatic carboxylic acids is 1. The standard InChI is InChI=1S/C21H20ClN3O2S.C18H14ClN3O2S.C3H7I.B2/c1-3-12-27-20(26)16-9-5-4-8-15(16)13-23-25(2)21-24-19(14-28-21)17-10-6-7-11-18(17)22;1-22(20-10-12-6-2-3-7-13(12)17(23)24)18-21-16(11-25-18)14-8-4-5-9-15(14)19;1-2-3-4;1-2/h4-11,13-14H,3,12H2,1-2H3;2-11H,1H3,(H,23,24);2-3H2,1H3;/b23-13+;20-10+;;. The molecule has 6 rings (SSSR count). The number of alkyl halides is 1. The van der Waals surface area contributed by atoms with E-state index in [0.717, 1.165) is 34.1 Å². The fourth-order valence-corrected chi connectivity index (χ4v) is 6.64. The number of benzene rings is 4. The number of thiazole rings is 2. The molecular formula is C42H41B2Cl2IN6O4S2. The van der Waals surface area contributed by atoms with Gasteiger partial charge in [0.2, 0.25) is 10.3 Å². The lowest BCUT2D eigenvalue weighted by molar-refractivity contribution is 0.0504. The van der Waals surface area contributed by atoms with E-state index in [1.165, 1.54) is 39.7 Å². The predicted molar refractivity (Wildman–Crippen MR) is 258 cm³/mol. The van der Waals surface area contributed by atoms with Crippen molar-refractivity contribution in [2.45, 2.75) is 26.7 Å². The molecule has 0 bridgehead atoms. The summed E-state index contributed by atoms with van der Waals surface area (Å²) in [7, 11) is 11.6. The van der Waals surface area contributed by atoms with E-state index in [1.807, 2.05) is 85.4 Å². The zero-order valence-electron chi connectivity index (χ0n) is 32.8. The van der Waals surface area contributed by atoms with Gasteiger partial charge < -0.3 is 9.84 Å². The number of hydrogen-bond donors (Lipinski definition) is 1. The predicted octanol–water partition coefficient (Wildman–Crippen LogP) is 11.2. The molecule has 2 aromatic heterocycles. The van der Waals surface area contributed by atoms with E-state index in [4.69, 9.17) is 27.9 Å². The van der Waals surface area contributed by atoms with E-state index in [2.05, 4.69) is 65.2 Å². The number of carboxylic acids is 1. The molecule has 0 aliphatic carbocycles. The molecule has 1 N–H and O–H groups in total. The third-order valence-corrected chi connectivity index (χ3v) is 11.1. The van der Waals surface area contributed by atoms with E-state index < -0.39 is 5.97 Å². The first-order valence-electron chi connectivity index (χ1n) is 18.0. The van der Waals surface area contributed by atoms with Crippen molar-refractivity contribution in [2.24, 2.45) is 10.2 Å². The van der Waals surface area contributed by atoms with Gasteiger partial charge in [-0.15, -0.1) is 22.7 Å². The SMILES string of the molecule is CCCI.CCCOC(=O)c1ccccc1/C=N/N(C)c1nc(-c2ccccc2Cl)cs1.CN(/N=C/c1ccccc1C(=O)O)c1nc(-c2ccccc2Cl)cs1.[B][B]. The van der Waals surface area contributed by atoms with E-state index in [1.54, 1.807) is 59.7 Å². The minimum absolute atomic E-state index is 0.204. The number of carbonyl (C=O) groups excluding carboxylic acids is 1. The Hall–Kier alpha value is -4.54. The van der Waals surface area contributed by atoms with Crippen LogP contribution in [0.4, 0.5) is 10.3 Å². The molecule has 302 valence electrons. The third-order valence-electron chi connectivity index (χ3n) is 7.58. The van der Waals surface area contributed by atoms with Crippen LogP contribution in [-0.4, -0.2) is 80.0 Å². The minimum atomic E-state index is -0.986. The van der Waals surface area contributed by atoms with Gasteiger partial charge in [-0.25, -0.2) is 29.6 Å². The molecule has 0 aliphatic rings. The quantitative estimate of drug-likeness (QED) is 0.0303. The highest BCUT2D eigenvalue weighted by Gasteiger charge is 2.14. The fourth-order valence-electron chi connectivity index (χ4n) is 4.68. The van der Waals surface area contributed by atoms with Gasteiger partial charge in [-0.05, 0) is 41.5 Å². The lowest BCUT2D eigenvalue weighted by Gasteiger charge is -2.09. The van der Waals surface area contributed by atoms with E-state index in [-0.39, 0.29) is 11.5 Å². The highest BCUT2D eigenvalue weighted by molar-refractivity contribution is 14.1. The maximum Gasteiger partial charge on any atom is 0.338 e. The molecule has 0 atom stereocenters. The van der Waals surface area contributed by atoms with Crippen LogP contribution in [0.25, 0.3) is 22.5 Å². The number of carbonyl (C=O) groups is 2. The lowest BCUT2D eigenvalue weighted by Crippen LogP contribution is -2.11. The maximum absolute atomic E-state index is 12.2. The van der Waals surface area contributed by atoms with Crippen LogP contribution < -0.4 is 10.0 Å². The molecule has 0 saturated heterocycles. The van der Waals surface area contributed by atoms with Gasteiger partial charge in [0.15, 0.2) is 0 Å². The van der Waals surface area contributed by atoms with Crippen molar-refractivity contribution in [1.29, 1.82) is 0 Å². The molecule has 2 heterocycles. The summed E-state index contributed by atoms with van der Waals surface area (Å²) in [5, 5.41) is 27.8. The van der Waals surface area contributed by atoms with E-state index in [9.17, 15) is 14.7 Å². The normalized spacial score (nSPS) is 10.4. The lowest BCUT2D eigenvalue weighted by atomic mass is 9.81. The molecule has 0 unspecified atom stereocenters. The Morgan fingerprint density at radius 3 is 1.56 bits per heavy atom. The summed E-state index contributed by atoms with van der Waals surface area (Å²) >= 11 is 17.7. The summed E-state index contributed by atoms with van der Waals surface area (Å²) in [5.74, 6) is -1.33. The van der Waals surface area contributed by atoms with E-state index in [0.29, 0.717) is 38.5 Å². The number of esters is 1. The highest BCUT2D eigenvalue weighted by atomic mass is 127. The van der Waals surface area contributed by atoms with Crippen LogP contribution in [0.3, 0.4) is 0 Å². The van der Waals surface area contributed by atoms with Crippen molar-refractivity contribution in [2.75, 3.05) is 35.1 Å². The Bertz CT molecular complexity index is 2290. The summed E-state index contributed by atoms with van der Waals surface area (Å²) < 4.78 is 6.53. The summed E-state index contributed by atoms with van der Waals surface area (Å²) in [4.78, 5) is 32.6. The summed E-state index contributed by atoms with van der Waals surface area (Å²) in [6.07, 6.45) is 5.24. The van der Waals surface area contributed by atoms with Crippen molar-refractivity contribution in [3.63, 3.8) is 0 Å². The molecule has 10 nitrogen and oxygen atoms in total. The average Bonchev–Trinajstić information content (AvgIpc) is 3.97. The maximum atomic E-state index is 12.2.